The van der Waals surface area contributed by atoms with Crippen molar-refractivity contribution in [2.24, 2.45) is 0 Å². The molecule has 0 atom stereocenters. The number of nitrogens with zero attached hydrogens (tertiary/aromatic N) is 1. The Hall–Kier alpha value is -2.86. The van der Waals surface area contributed by atoms with Crippen LogP contribution in [-0.2, 0) is 4.79 Å². The van der Waals surface area contributed by atoms with E-state index in [9.17, 15) is 0 Å². The van der Waals surface area contributed by atoms with Crippen LogP contribution in [0.4, 0.5) is 11.4 Å². The van der Waals surface area contributed by atoms with Crippen LogP contribution in [0.25, 0.3) is 11.0 Å². The number of aliphatic hydroxyl groups excluding tert-OH is 1. The molecule has 0 bridgehead atoms. The van der Waals surface area contributed by atoms with Crippen molar-refractivity contribution in [1.82, 2.24) is 9.97 Å². The largest absolute Gasteiger partial charge is 0.400 e. The highest BCUT2D eigenvalue weighted by Crippen LogP contribution is 2.27. The summed E-state index contributed by atoms with van der Waals surface area (Å²) in [5, 5.41) is 7.00. The smallest absolute Gasteiger partial charge is 0.116 e. The van der Waals surface area contributed by atoms with Gasteiger partial charge in [0.2, 0.25) is 0 Å². The van der Waals surface area contributed by atoms with E-state index in [1.54, 1.807) is 0 Å². The molecule has 0 saturated carbocycles. The molecule has 0 fully saturated rings. The Balaban J connectivity index is 0. The first kappa shape index (κ1) is 30.3. The molecule has 1 heterocycles. The molecule has 6 heteroatoms. The van der Waals surface area contributed by atoms with Gasteiger partial charge in [0.15, 0.2) is 0 Å². The Bertz CT molecular complexity index is 934. The molecular weight excluding hydrogens is 388 g/mol. The number of aromatic nitrogens is 2. The molecule has 0 radical (unpaired) electrons. The molecule has 0 amide bonds. The van der Waals surface area contributed by atoms with Crippen LogP contribution in [0.15, 0.2) is 6.07 Å². The van der Waals surface area contributed by atoms with Crippen molar-refractivity contribution in [1.29, 1.82) is 0 Å². The van der Waals surface area contributed by atoms with Crippen LogP contribution in [-0.4, -0.2) is 28.5 Å². The minimum atomic E-state index is 0. The van der Waals surface area contributed by atoms with Crippen molar-refractivity contribution in [2.45, 2.75) is 69.7 Å². The van der Waals surface area contributed by atoms with Gasteiger partial charge in [0.05, 0.1) is 22.4 Å². The van der Waals surface area contributed by atoms with Crippen LogP contribution < -0.4 is 11.5 Å². The van der Waals surface area contributed by atoms with Gasteiger partial charge in [-0.1, -0.05) is 7.43 Å². The number of anilines is 2. The van der Waals surface area contributed by atoms with Crippen molar-refractivity contribution < 1.29 is 9.90 Å². The molecule has 0 aliphatic rings. The second kappa shape index (κ2) is 13.4. The van der Waals surface area contributed by atoms with Crippen LogP contribution in [0, 0.1) is 55.4 Å². The number of nitrogens with one attached hydrogen (secondary N) is 1. The van der Waals surface area contributed by atoms with E-state index in [-0.39, 0.29) is 7.43 Å². The molecule has 0 unspecified atom stereocenters. The van der Waals surface area contributed by atoms with Gasteiger partial charge < -0.3 is 26.4 Å². The highest BCUT2D eigenvalue weighted by molar-refractivity contribution is 5.84. The quantitative estimate of drug-likeness (QED) is 0.284. The Kier molecular flexibility index (Phi) is 13.2. The number of aryl methyl sites for hydroxylation is 4. The molecule has 6 nitrogen and oxygen atoms in total. The van der Waals surface area contributed by atoms with Crippen LogP contribution in [0.5, 0.6) is 0 Å². The van der Waals surface area contributed by atoms with Crippen LogP contribution in [0.3, 0.4) is 0 Å². The molecular formula is C25H42N4O2. The van der Waals surface area contributed by atoms with Gasteiger partial charge in [0, 0.05) is 7.11 Å². The molecule has 1 aromatic heterocycles. The predicted molar refractivity (Wildman–Crippen MR) is 136 cm³/mol. The fourth-order valence-corrected chi connectivity index (χ4v) is 3.10. The van der Waals surface area contributed by atoms with Crippen molar-refractivity contribution in [2.75, 3.05) is 18.6 Å². The van der Waals surface area contributed by atoms with E-state index in [1.165, 1.54) is 45.8 Å². The third kappa shape index (κ3) is 7.10. The molecule has 31 heavy (non-hydrogen) atoms. The fraction of sp³-hybridized carbons (Fsp3) is 0.440. The van der Waals surface area contributed by atoms with E-state index in [1.807, 2.05) is 26.8 Å². The average Bonchev–Trinajstić information content (AvgIpc) is 3.12. The van der Waals surface area contributed by atoms with Gasteiger partial charge in [0.1, 0.15) is 12.1 Å². The zero-order chi connectivity index (χ0) is 23.8. The summed E-state index contributed by atoms with van der Waals surface area (Å²) >= 11 is 0. The summed E-state index contributed by atoms with van der Waals surface area (Å²) in [5.74, 6) is 0.996. The second-order valence-corrected chi connectivity index (χ2v) is 7.23. The molecule has 0 saturated heterocycles. The minimum Gasteiger partial charge on any atom is -0.400 e. The number of hydrogen-bond donors (Lipinski definition) is 4. The van der Waals surface area contributed by atoms with Crippen LogP contribution in [0.2, 0.25) is 0 Å². The lowest BCUT2D eigenvalue weighted by Gasteiger charge is -2.09. The number of aromatic amines is 1. The molecule has 0 aliphatic heterocycles. The van der Waals surface area contributed by atoms with Crippen molar-refractivity contribution in [3.05, 3.63) is 50.8 Å². The lowest BCUT2D eigenvalue weighted by atomic mass is 9.98. The number of nitrogen functional groups attached to an aromatic ring is 2. The first-order valence-corrected chi connectivity index (χ1v) is 9.86. The summed E-state index contributed by atoms with van der Waals surface area (Å²) in [6, 6.07) is 1.91. The predicted octanol–water partition coefficient (Wildman–Crippen LogP) is 5.33. The van der Waals surface area contributed by atoms with E-state index in [0.29, 0.717) is 11.4 Å². The minimum absolute atomic E-state index is 0. The van der Waals surface area contributed by atoms with Gasteiger partial charge >= 0.3 is 0 Å². The second-order valence-electron chi connectivity index (χ2n) is 7.23. The summed E-state index contributed by atoms with van der Waals surface area (Å²) in [4.78, 5) is 16.6. The molecule has 174 valence electrons. The lowest BCUT2D eigenvalue weighted by molar-refractivity contribution is -0.106. The summed E-state index contributed by atoms with van der Waals surface area (Å²) in [7, 11) is 1.00. The first-order chi connectivity index (χ1) is 14.0. The topological polar surface area (TPSA) is 118 Å². The van der Waals surface area contributed by atoms with E-state index < -0.39 is 0 Å². The number of benzene rings is 2. The summed E-state index contributed by atoms with van der Waals surface area (Å²) < 4.78 is 0. The standard InChI is InChI=1S/C12H16N2.C9H14N2.C2H4O.CH4O.CH4/c1-6-7(2)9(4)12-11(8(6)3)13-10(5)14-12;1-5-4-8(10)9(11)7(3)6(5)2;1-2-3;1-2;/h1-5H3,(H,13,14);4H,10-11H2,1-3H3;2H,1H3;2H,1H3;1H4. The highest BCUT2D eigenvalue weighted by Gasteiger charge is 2.11. The van der Waals surface area contributed by atoms with E-state index in [0.717, 1.165) is 30.3 Å². The van der Waals surface area contributed by atoms with Gasteiger partial charge in [0.25, 0.3) is 0 Å². The van der Waals surface area contributed by atoms with E-state index in [4.69, 9.17) is 21.4 Å². The number of H-pyrrole nitrogens is 1. The Labute approximate surface area is 188 Å². The van der Waals surface area contributed by atoms with Crippen molar-refractivity contribution >= 4 is 28.7 Å². The van der Waals surface area contributed by atoms with Gasteiger partial charge in [-0.15, -0.1) is 0 Å². The van der Waals surface area contributed by atoms with Gasteiger partial charge in [-0.25, -0.2) is 4.98 Å². The molecule has 6 N–H and O–H groups in total. The highest BCUT2D eigenvalue weighted by atomic mass is 16.2. The number of fused-ring (bicyclic) bond motifs is 1. The number of carbonyl (C=O) groups excluding carboxylic acids is 1. The Morgan fingerprint density at radius 1 is 0.839 bits per heavy atom. The number of carbonyl (C=O) groups is 1. The van der Waals surface area contributed by atoms with E-state index in [2.05, 4.69) is 44.6 Å². The number of hydrogen-bond acceptors (Lipinski definition) is 5. The summed E-state index contributed by atoms with van der Waals surface area (Å²) in [6.45, 7) is 18.2. The maximum atomic E-state index is 8.81. The van der Waals surface area contributed by atoms with Crippen molar-refractivity contribution in [3.8, 4) is 0 Å². The number of rotatable bonds is 0. The Morgan fingerprint density at radius 2 is 1.29 bits per heavy atom. The average molecular weight is 431 g/mol. The summed E-state index contributed by atoms with van der Waals surface area (Å²) in [6.07, 6.45) is 0.750. The number of aliphatic hydroxyl groups is 1. The Morgan fingerprint density at radius 3 is 1.77 bits per heavy atom. The van der Waals surface area contributed by atoms with Crippen LogP contribution in [0.1, 0.15) is 59.1 Å². The fourth-order valence-electron chi connectivity index (χ4n) is 3.10. The van der Waals surface area contributed by atoms with Gasteiger partial charge in [-0.05, 0) is 107 Å². The number of imidazole rings is 1. The van der Waals surface area contributed by atoms with Crippen molar-refractivity contribution in [3.63, 3.8) is 0 Å². The molecule has 3 aromatic rings. The number of nitrogens with two attached hydrogens (primary N) is 2. The molecule has 0 spiro atoms. The van der Waals surface area contributed by atoms with Gasteiger partial charge in [-0.2, -0.15) is 0 Å². The maximum Gasteiger partial charge on any atom is 0.116 e. The SMILES string of the molecule is C.CC=O.CO.Cc1cc(N)c(N)c(C)c1C.Cc1nc2c(C)c(C)c(C)c(C)c2[nH]1. The zero-order valence-electron chi connectivity index (χ0n) is 20.1. The molecule has 0 aliphatic carbocycles. The first-order valence-electron chi connectivity index (χ1n) is 9.86. The maximum absolute atomic E-state index is 8.81. The summed E-state index contributed by atoms with van der Waals surface area (Å²) in [5.41, 5.74) is 24.0. The van der Waals surface area contributed by atoms with Gasteiger partial charge in [-0.3, -0.25) is 0 Å². The molecule has 3 rings (SSSR count). The lowest BCUT2D eigenvalue weighted by Crippen LogP contribution is -2.00. The molecule has 2 aromatic carbocycles. The van der Waals surface area contributed by atoms with Crippen LogP contribution >= 0.6 is 0 Å². The third-order valence-electron chi connectivity index (χ3n) is 5.48. The third-order valence-corrected chi connectivity index (χ3v) is 5.48. The van der Waals surface area contributed by atoms with E-state index >= 15 is 0 Å². The monoisotopic (exact) mass is 430 g/mol. The number of aldehydes is 1. The zero-order valence-corrected chi connectivity index (χ0v) is 20.1. The normalized spacial score (nSPS) is 9.26.